The molecular weight excluding hydrogens is 497 g/mol. The number of aromatic nitrogens is 1. The highest BCUT2D eigenvalue weighted by atomic mass is 127. The lowest BCUT2D eigenvalue weighted by atomic mass is 9.90. The summed E-state index contributed by atoms with van der Waals surface area (Å²) in [5.41, 5.74) is 7.19. The summed E-state index contributed by atoms with van der Waals surface area (Å²) in [6, 6.07) is 5.64. The van der Waals surface area contributed by atoms with E-state index in [1.165, 1.54) is 29.4 Å². The van der Waals surface area contributed by atoms with Gasteiger partial charge in [0.2, 0.25) is 5.91 Å². The number of halogens is 1. The van der Waals surface area contributed by atoms with Crippen molar-refractivity contribution in [3.05, 3.63) is 29.5 Å². The lowest BCUT2D eigenvalue weighted by Gasteiger charge is -2.29. The molecule has 0 radical (unpaired) electrons. The average Bonchev–Trinajstić information content (AvgIpc) is 2.72. The van der Waals surface area contributed by atoms with E-state index in [1.807, 2.05) is 26.0 Å². The molecule has 8 heteroatoms. The third-order valence-electron chi connectivity index (χ3n) is 5.61. The van der Waals surface area contributed by atoms with Crippen molar-refractivity contribution in [3.63, 3.8) is 0 Å². The number of ether oxygens (including phenoxy) is 1. The van der Waals surface area contributed by atoms with Crippen molar-refractivity contribution < 1.29 is 17.4 Å². The van der Waals surface area contributed by atoms with E-state index in [0.717, 1.165) is 25.7 Å². The summed E-state index contributed by atoms with van der Waals surface area (Å²) >= 11 is 1.53. The molecule has 162 valence electrons. The number of benzene rings is 1. The van der Waals surface area contributed by atoms with Crippen molar-refractivity contribution in [1.82, 2.24) is 10.3 Å². The molecule has 0 bridgehead atoms. The normalized spacial score (nSPS) is 15.1. The molecule has 2 aromatic rings. The second-order valence-electron chi connectivity index (χ2n) is 8.48. The summed E-state index contributed by atoms with van der Waals surface area (Å²) in [5, 5.41) is 3.71. The van der Waals surface area contributed by atoms with Crippen LogP contribution in [0, 0.1) is 12.3 Å². The standard InChI is InChI=1S/C22H28IN3O4/c1-13-17(20(27)30-23)19(24)18-15(25-13)10-7-11-16(18)29-12-22(2,3)21(28)26-14-8-5-4-6-9-14/h7,10-11,14H,4-6,8-9,12H2,1-3H3,(H2,24,25)(H,26,28). The number of rotatable bonds is 6. The number of hydrogen-bond acceptors (Lipinski definition) is 6. The number of hydrogen-bond donors (Lipinski definition) is 2. The fourth-order valence-electron chi connectivity index (χ4n) is 3.81. The van der Waals surface area contributed by atoms with Gasteiger partial charge >= 0.3 is 5.97 Å². The SMILES string of the molecule is Cc1nc2cccc(OCC(C)(C)C(=O)NC3CCCCC3)c2c(N)c1C(=O)OI. The Morgan fingerprint density at radius 1 is 1.27 bits per heavy atom. The molecular formula is C22H28IN3O4. The fraction of sp³-hybridized carbons (Fsp3) is 0.500. The Hall–Kier alpha value is -2.10. The first-order chi connectivity index (χ1) is 14.2. The van der Waals surface area contributed by atoms with Crippen LogP contribution in [0.3, 0.4) is 0 Å². The van der Waals surface area contributed by atoms with E-state index < -0.39 is 11.4 Å². The lowest BCUT2D eigenvalue weighted by Crippen LogP contribution is -2.46. The van der Waals surface area contributed by atoms with E-state index >= 15 is 0 Å². The molecule has 1 heterocycles. The molecule has 30 heavy (non-hydrogen) atoms. The first-order valence-corrected chi connectivity index (χ1v) is 11.1. The predicted molar refractivity (Wildman–Crippen MR) is 125 cm³/mol. The maximum atomic E-state index is 12.8. The van der Waals surface area contributed by atoms with Gasteiger partial charge in [-0.3, -0.25) is 9.78 Å². The van der Waals surface area contributed by atoms with Gasteiger partial charge in [-0.25, -0.2) is 4.79 Å². The monoisotopic (exact) mass is 525 g/mol. The molecule has 1 aromatic carbocycles. The van der Waals surface area contributed by atoms with E-state index in [2.05, 4.69) is 10.3 Å². The highest BCUT2D eigenvalue weighted by molar-refractivity contribution is 14.1. The highest BCUT2D eigenvalue weighted by Gasteiger charge is 2.31. The summed E-state index contributed by atoms with van der Waals surface area (Å²) in [4.78, 5) is 29.5. The van der Waals surface area contributed by atoms with Crippen LogP contribution in [0.15, 0.2) is 18.2 Å². The Morgan fingerprint density at radius 3 is 2.63 bits per heavy atom. The van der Waals surface area contributed by atoms with E-state index in [1.54, 1.807) is 13.0 Å². The molecule has 1 aliphatic carbocycles. The molecule has 7 nitrogen and oxygen atoms in total. The van der Waals surface area contributed by atoms with Crippen molar-refractivity contribution in [3.8, 4) is 5.75 Å². The van der Waals surface area contributed by atoms with Gasteiger partial charge in [-0.1, -0.05) is 25.3 Å². The van der Waals surface area contributed by atoms with Crippen LogP contribution in [0.5, 0.6) is 5.75 Å². The van der Waals surface area contributed by atoms with Crippen molar-refractivity contribution in [1.29, 1.82) is 0 Å². The molecule has 1 aliphatic rings. The van der Waals surface area contributed by atoms with E-state index in [0.29, 0.717) is 22.3 Å². The Kier molecular flexibility index (Phi) is 7.05. The Bertz CT molecular complexity index is 955. The number of amides is 1. The zero-order chi connectivity index (χ0) is 21.9. The minimum absolute atomic E-state index is 0.0224. The number of nitrogens with zero attached hydrogens (tertiary/aromatic N) is 1. The van der Waals surface area contributed by atoms with Crippen LogP contribution in [0.4, 0.5) is 5.69 Å². The summed E-state index contributed by atoms with van der Waals surface area (Å²) in [5.74, 6) is -0.0914. The molecule has 1 amide bonds. The van der Waals surface area contributed by atoms with E-state index in [-0.39, 0.29) is 29.8 Å². The number of nitrogens with one attached hydrogen (secondary N) is 1. The summed E-state index contributed by atoms with van der Waals surface area (Å²) in [7, 11) is 0. The number of carbonyl (C=O) groups is 2. The van der Waals surface area contributed by atoms with Crippen LogP contribution >= 0.6 is 23.0 Å². The molecule has 0 atom stereocenters. The van der Waals surface area contributed by atoms with E-state index in [9.17, 15) is 9.59 Å². The largest absolute Gasteiger partial charge is 0.492 e. The zero-order valence-electron chi connectivity index (χ0n) is 17.6. The van der Waals surface area contributed by atoms with Gasteiger partial charge in [0.15, 0.2) is 23.0 Å². The number of anilines is 1. The van der Waals surface area contributed by atoms with Gasteiger partial charge in [-0.2, -0.15) is 0 Å². The number of nitrogens with two attached hydrogens (primary N) is 1. The van der Waals surface area contributed by atoms with Crippen molar-refractivity contribution in [2.75, 3.05) is 12.3 Å². The summed E-state index contributed by atoms with van der Waals surface area (Å²) < 4.78 is 10.9. The smallest absolute Gasteiger partial charge is 0.351 e. The Labute approximate surface area is 190 Å². The van der Waals surface area contributed by atoms with Gasteiger partial charge in [0.05, 0.1) is 27.7 Å². The van der Waals surface area contributed by atoms with Gasteiger partial charge in [0.25, 0.3) is 0 Å². The number of pyridine rings is 1. The minimum atomic E-state index is -0.726. The summed E-state index contributed by atoms with van der Waals surface area (Å²) in [6.07, 6.45) is 5.62. The Balaban J connectivity index is 1.82. The quantitative estimate of drug-likeness (QED) is 0.539. The molecule has 0 aliphatic heterocycles. The molecule has 3 N–H and O–H groups in total. The molecule has 1 fully saturated rings. The Morgan fingerprint density at radius 2 is 1.97 bits per heavy atom. The van der Waals surface area contributed by atoms with Crippen LogP contribution < -0.4 is 15.8 Å². The highest BCUT2D eigenvalue weighted by Crippen LogP contribution is 2.35. The number of carbonyl (C=O) groups excluding carboxylic acids is 2. The van der Waals surface area contributed by atoms with Crippen LogP contribution in [0.2, 0.25) is 0 Å². The van der Waals surface area contributed by atoms with Crippen LogP contribution in [-0.4, -0.2) is 29.5 Å². The molecule has 0 spiro atoms. The maximum absolute atomic E-state index is 12.8. The fourth-order valence-corrected chi connectivity index (χ4v) is 4.03. The van der Waals surface area contributed by atoms with Gasteiger partial charge in [0, 0.05) is 6.04 Å². The number of fused-ring (bicyclic) bond motifs is 1. The van der Waals surface area contributed by atoms with Crippen LogP contribution in [0.25, 0.3) is 10.9 Å². The predicted octanol–water partition coefficient (Wildman–Crippen LogP) is 4.49. The van der Waals surface area contributed by atoms with Crippen LogP contribution in [0.1, 0.15) is 62.0 Å². The first-order valence-electron chi connectivity index (χ1n) is 10.2. The molecule has 3 rings (SSSR count). The minimum Gasteiger partial charge on any atom is -0.492 e. The maximum Gasteiger partial charge on any atom is 0.351 e. The molecule has 0 saturated heterocycles. The van der Waals surface area contributed by atoms with E-state index in [4.69, 9.17) is 13.5 Å². The van der Waals surface area contributed by atoms with Crippen molar-refractivity contribution in [2.45, 2.75) is 58.9 Å². The van der Waals surface area contributed by atoms with Crippen molar-refractivity contribution >= 4 is 51.5 Å². The molecule has 1 saturated carbocycles. The zero-order valence-corrected chi connectivity index (χ0v) is 19.7. The van der Waals surface area contributed by atoms with Gasteiger partial charge in [0.1, 0.15) is 17.9 Å². The average molecular weight is 525 g/mol. The third-order valence-corrected chi connectivity index (χ3v) is 6.01. The molecule has 0 unspecified atom stereocenters. The second kappa shape index (κ2) is 9.36. The van der Waals surface area contributed by atoms with Crippen LogP contribution in [-0.2, 0) is 7.86 Å². The molecule has 1 aromatic heterocycles. The number of nitrogen functional groups attached to an aromatic ring is 1. The second-order valence-corrected chi connectivity index (χ2v) is 8.92. The first kappa shape index (κ1) is 22.6. The van der Waals surface area contributed by atoms with Crippen molar-refractivity contribution in [2.24, 2.45) is 5.41 Å². The number of aryl methyl sites for hydroxylation is 1. The third kappa shape index (κ3) is 4.79. The van der Waals surface area contributed by atoms with Gasteiger partial charge in [-0.15, -0.1) is 0 Å². The topological polar surface area (TPSA) is 104 Å². The van der Waals surface area contributed by atoms with Gasteiger partial charge in [-0.05, 0) is 45.7 Å². The lowest BCUT2D eigenvalue weighted by molar-refractivity contribution is -0.131. The summed E-state index contributed by atoms with van der Waals surface area (Å²) in [6.45, 7) is 5.61. The van der Waals surface area contributed by atoms with Gasteiger partial charge < -0.3 is 18.9 Å².